The highest BCUT2D eigenvalue weighted by atomic mass is 32.1. The van der Waals surface area contributed by atoms with E-state index in [1.54, 1.807) is 30.1 Å². The molecule has 0 aliphatic rings. The lowest BCUT2D eigenvalue weighted by Gasteiger charge is -2.07. The molecule has 176 valence electrons. The standard InChI is InChI=1S/C25H20N4O4S2/c1-14-22(27-23(34-14)15-7-5-4-6-8-15)32-13-16-9-17(30-2)10-20-18(16)11-21(33-20)19-12-29-24(26-19)35-25(28-29)31-3/h4-12H,13H2,1-3H3. The van der Waals surface area contributed by atoms with Gasteiger partial charge in [0.1, 0.15) is 28.6 Å². The highest BCUT2D eigenvalue weighted by Crippen LogP contribution is 2.36. The number of imidazole rings is 1. The topological polar surface area (TPSA) is 83.9 Å². The van der Waals surface area contributed by atoms with Crippen LogP contribution in [0, 0.1) is 6.92 Å². The highest BCUT2D eigenvalue weighted by molar-refractivity contribution is 7.18. The monoisotopic (exact) mass is 504 g/mol. The number of rotatable bonds is 7. The van der Waals surface area contributed by atoms with E-state index in [-0.39, 0.29) is 0 Å². The highest BCUT2D eigenvalue weighted by Gasteiger charge is 2.18. The molecular formula is C25H20N4O4S2. The second-order valence-electron chi connectivity index (χ2n) is 7.77. The van der Waals surface area contributed by atoms with Crippen molar-refractivity contribution in [2.75, 3.05) is 14.2 Å². The third-order valence-corrected chi connectivity index (χ3v) is 7.41. The van der Waals surface area contributed by atoms with Crippen molar-refractivity contribution in [2.24, 2.45) is 0 Å². The van der Waals surface area contributed by atoms with Crippen LogP contribution in [0.4, 0.5) is 0 Å². The van der Waals surface area contributed by atoms with Crippen molar-refractivity contribution < 1.29 is 18.6 Å². The van der Waals surface area contributed by atoms with Crippen LogP contribution in [-0.4, -0.2) is 33.8 Å². The lowest BCUT2D eigenvalue weighted by molar-refractivity contribution is 0.295. The molecule has 0 bridgehead atoms. The van der Waals surface area contributed by atoms with Gasteiger partial charge in [0.2, 0.25) is 10.8 Å². The van der Waals surface area contributed by atoms with E-state index >= 15 is 0 Å². The maximum atomic E-state index is 6.17. The first-order valence-corrected chi connectivity index (χ1v) is 12.4. The Hall–Kier alpha value is -3.89. The fourth-order valence-corrected chi connectivity index (χ4v) is 5.36. The minimum Gasteiger partial charge on any atom is -0.497 e. The average Bonchev–Trinajstić information content (AvgIpc) is 3.64. The van der Waals surface area contributed by atoms with Gasteiger partial charge in [-0.1, -0.05) is 30.3 Å². The third kappa shape index (κ3) is 4.00. The second kappa shape index (κ2) is 8.71. The quantitative estimate of drug-likeness (QED) is 0.255. The first-order valence-electron chi connectivity index (χ1n) is 10.8. The summed E-state index contributed by atoms with van der Waals surface area (Å²) in [6.07, 6.45) is 1.82. The number of aryl methyl sites for hydroxylation is 1. The summed E-state index contributed by atoms with van der Waals surface area (Å²) in [6, 6.07) is 15.9. The van der Waals surface area contributed by atoms with Gasteiger partial charge in [0, 0.05) is 22.6 Å². The fourth-order valence-electron chi connectivity index (χ4n) is 3.80. The number of furan rings is 1. The normalized spacial score (nSPS) is 11.4. The Morgan fingerprint density at radius 1 is 1.00 bits per heavy atom. The molecule has 0 amide bonds. The molecule has 0 atom stereocenters. The molecule has 35 heavy (non-hydrogen) atoms. The summed E-state index contributed by atoms with van der Waals surface area (Å²) in [4.78, 5) is 11.1. The van der Waals surface area contributed by atoms with Gasteiger partial charge >= 0.3 is 0 Å². The molecule has 0 fully saturated rings. The van der Waals surface area contributed by atoms with Crippen molar-refractivity contribution in [1.82, 2.24) is 19.6 Å². The molecular weight excluding hydrogens is 484 g/mol. The molecule has 0 saturated carbocycles. The SMILES string of the molecule is COc1cc(COc2nc(-c3ccccc3)sc2C)c2cc(-c3cn4nc(OC)sc4n3)oc2c1. The molecule has 0 aliphatic carbocycles. The van der Waals surface area contributed by atoms with E-state index in [0.29, 0.717) is 40.5 Å². The number of methoxy groups -OCH3 is 2. The van der Waals surface area contributed by atoms with Crippen LogP contribution in [0.5, 0.6) is 16.8 Å². The van der Waals surface area contributed by atoms with Gasteiger partial charge in [-0.25, -0.2) is 14.5 Å². The number of benzene rings is 2. The van der Waals surface area contributed by atoms with Gasteiger partial charge in [0.05, 0.1) is 25.3 Å². The van der Waals surface area contributed by atoms with E-state index in [4.69, 9.17) is 23.6 Å². The lowest BCUT2D eigenvalue weighted by atomic mass is 10.1. The third-order valence-electron chi connectivity index (χ3n) is 5.52. The first kappa shape index (κ1) is 21.6. The summed E-state index contributed by atoms with van der Waals surface area (Å²) >= 11 is 2.98. The van der Waals surface area contributed by atoms with Crippen molar-refractivity contribution in [3.63, 3.8) is 0 Å². The number of thiazole rings is 1. The molecule has 8 nitrogen and oxygen atoms in total. The molecule has 4 aromatic heterocycles. The van der Waals surface area contributed by atoms with Gasteiger partial charge in [-0.2, -0.15) is 0 Å². The van der Waals surface area contributed by atoms with E-state index < -0.39 is 0 Å². The van der Waals surface area contributed by atoms with Crippen LogP contribution < -0.4 is 14.2 Å². The van der Waals surface area contributed by atoms with Crippen LogP contribution in [0.3, 0.4) is 0 Å². The van der Waals surface area contributed by atoms with Gasteiger partial charge < -0.3 is 18.6 Å². The van der Waals surface area contributed by atoms with Gasteiger partial charge in [-0.05, 0) is 30.4 Å². The Morgan fingerprint density at radius 3 is 2.63 bits per heavy atom. The summed E-state index contributed by atoms with van der Waals surface area (Å²) in [5, 5.41) is 6.75. The van der Waals surface area contributed by atoms with Crippen molar-refractivity contribution in [3.05, 3.63) is 65.2 Å². The Balaban J connectivity index is 1.32. The molecule has 0 N–H and O–H groups in total. The van der Waals surface area contributed by atoms with E-state index in [9.17, 15) is 0 Å². The number of hydrogen-bond acceptors (Lipinski definition) is 9. The minimum atomic E-state index is 0.322. The summed E-state index contributed by atoms with van der Waals surface area (Å²) in [5.74, 6) is 1.96. The Bertz CT molecular complexity index is 1620. The molecule has 2 aromatic carbocycles. The molecule has 0 unspecified atom stereocenters. The average molecular weight is 505 g/mol. The predicted octanol–water partition coefficient (Wildman–Crippen LogP) is 6.23. The zero-order valence-corrected chi connectivity index (χ0v) is 20.8. The van der Waals surface area contributed by atoms with Gasteiger partial charge in [0.25, 0.3) is 5.19 Å². The molecule has 0 saturated heterocycles. The smallest absolute Gasteiger partial charge is 0.294 e. The Labute approximate surface area is 208 Å². The molecule has 0 radical (unpaired) electrons. The van der Waals surface area contributed by atoms with Crippen molar-refractivity contribution in [1.29, 1.82) is 0 Å². The van der Waals surface area contributed by atoms with Gasteiger partial charge in [0.15, 0.2) is 5.76 Å². The van der Waals surface area contributed by atoms with Crippen LogP contribution in [0.15, 0.2) is 59.1 Å². The molecule has 10 heteroatoms. The van der Waals surface area contributed by atoms with Crippen molar-refractivity contribution >= 4 is 38.6 Å². The van der Waals surface area contributed by atoms with Gasteiger partial charge in [-0.15, -0.1) is 16.4 Å². The van der Waals surface area contributed by atoms with Crippen LogP contribution >= 0.6 is 22.7 Å². The molecule has 6 rings (SSSR count). The van der Waals surface area contributed by atoms with Crippen molar-refractivity contribution in [3.8, 4) is 38.8 Å². The van der Waals surface area contributed by atoms with Crippen LogP contribution in [0.25, 0.3) is 38.0 Å². The number of hydrogen-bond donors (Lipinski definition) is 0. The lowest BCUT2D eigenvalue weighted by Crippen LogP contribution is -1.98. The maximum absolute atomic E-state index is 6.17. The molecule has 0 aliphatic heterocycles. The van der Waals surface area contributed by atoms with Crippen LogP contribution in [0.1, 0.15) is 10.4 Å². The van der Waals surface area contributed by atoms with Crippen LogP contribution in [0.2, 0.25) is 0 Å². The molecule has 4 heterocycles. The first-order chi connectivity index (χ1) is 17.1. The van der Waals surface area contributed by atoms with Crippen LogP contribution in [-0.2, 0) is 6.61 Å². The maximum Gasteiger partial charge on any atom is 0.294 e. The zero-order valence-electron chi connectivity index (χ0n) is 19.1. The Kier molecular flexibility index (Phi) is 5.39. The number of nitrogens with zero attached hydrogens (tertiary/aromatic N) is 4. The zero-order chi connectivity index (χ0) is 23.9. The largest absolute Gasteiger partial charge is 0.497 e. The number of ether oxygens (including phenoxy) is 3. The molecule has 6 aromatic rings. The van der Waals surface area contributed by atoms with E-state index in [2.05, 4.69) is 10.1 Å². The summed E-state index contributed by atoms with van der Waals surface area (Å²) in [7, 11) is 3.22. The van der Waals surface area contributed by atoms with E-state index in [0.717, 1.165) is 31.4 Å². The van der Waals surface area contributed by atoms with Gasteiger partial charge in [-0.3, -0.25) is 0 Å². The minimum absolute atomic E-state index is 0.322. The summed E-state index contributed by atoms with van der Waals surface area (Å²) in [6.45, 7) is 2.34. The predicted molar refractivity (Wildman–Crippen MR) is 136 cm³/mol. The van der Waals surface area contributed by atoms with E-state index in [1.165, 1.54) is 11.3 Å². The van der Waals surface area contributed by atoms with E-state index in [1.807, 2.05) is 61.7 Å². The summed E-state index contributed by atoms with van der Waals surface area (Å²) < 4.78 is 24.7. The number of aromatic nitrogens is 4. The Morgan fingerprint density at radius 2 is 1.86 bits per heavy atom. The van der Waals surface area contributed by atoms with Crippen molar-refractivity contribution in [2.45, 2.75) is 13.5 Å². The molecule has 0 spiro atoms. The second-order valence-corrected chi connectivity index (χ2v) is 9.89. The summed E-state index contributed by atoms with van der Waals surface area (Å²) in [5.41, 5.74) is 3.39. The number of fused-ring (bicyclic) bond motifs is 2. The fraction of sp³-hybridized carbons (Fsp3) is 0.160.